The first-order chi connectivity index (χ1) is 9.00. The molecule has 1 saturated carbocycles. The zero-order valence-corrected chi connectivity index (χ0v) is 13.3. The Morgan fingerprint density at radius 3 is 2.47 bits per heavy atom. The summed E-state index contributed by atoms with van der Waals surface area (Å²) in [5, 5.41) is 4.63. The molecule has 2 atom stereocenters. The first-order valence-corrected chi connectivity index (χ1v) is 8.03. The third-order valence-electron chi connectivity index (χ3n) is 5.00. The number of nitrogens with one attached hydrogen (secondary N) is 1. The first kappa shape index (κ1) is 14.6. The molecule has 19 heavy (non-hydrogen) atoms. The molecule has 1 aliphatic heterocycles. The van der Waals surface area contributed by atoms with E-state index in [9.17, 15) is 0 Å². The summed E-state index contributed by atoms with van der Waals surface area (Å²) in [6.07, 6.45) is 6.68. The van der Waals surface area contributed by atoms with E-state index in [0.29, 0.717) is 11.8 Å². The van der Waals surface area contributed by atoms with E-state index >= 15 is 0 Å². The van der Waals surface area contributed by atoms with Crippen LogP contribution in [0.25, 0.3) is 0 Å². The van der Waals surface area contributed by atoms with E-state index in [1.807, 2.05) is 0 Å². The summed E-state index contributed by atoms with van der Waals surface area (Å²) in [6.45, 7) is 11.5. The first-order valence-electron chi connectivity index (χ1n) is 8.03. The Kier molecular flexibility index (Phi) is 4.70. The van der Waals surface area contributed by atoms with Crippen molar-refractivity contribution in [1.29, 1.82) is 0 Å². The Bertz CT molecular complexity index is 377. The molecule has 0 amide bonds. The third kappa shape index (κ3) is 3.21. The topological polar surface area (TPSA) is 24.4 Å². The molecule has 0 bridgehead atoms. The smallest absolute Gasteiger partial charge is 0.0479 e. The zero-order chi connectivity index (χ0) is 14.0. The van der Waals surface area contributed by atoms with Crippen molar-refractivity contribution in [2.75, 3.05) is 0 Å². The normalized spacial score (nSPS) is 28.7. The van der Waals surface area contributed by atoms with Crippen molar-refractivity contribution in [3.8, 4) is 0 Å². The van der Waals surface area contributed by atoms with Crippen LogP contribution in [-0.4, -0.2) is 5.71 Å². The van der Waals surface area contributed by atoms with Gasteiger partial charge >= 0.3 is 0 Å². The summed E-state index contributed by atoms with van der Waals surface area (Å²) >= 11 is 0. The Labute approximate surface area is 118 Å². The molecule has 0 spiro atoms. The summed E-state index contributed by atoms with van der Waals surface area (Å²) in [4.78, 5) is 0. The summed E-state index contributed by atoms with van der Waals surface area (Å²) in [5.41, 5.74) is 7.61. The molecule has 0 radical (unpaired) electrons. The second-order valence-corrected chi connectivity index (χ2v) is 6.98. The molecule has 0 aromatic carbocycles. The van der Waals surface area contributed by atoms with Crippen LogP contribution in [0.15, 0.2) is 16.4 Å². The molecule has 1 heterocycles. The van der Waals surface area contributed by atoms with E-state index in [0.717, 1.165) is 11.8 Å². The average Bonchev–Trinajstić information content (AvgIpc) is 2.29. The van der Waals surface area contributed by atoms with Crippen LogP contribution in [0.4, 0.5) is 0 Å². The molecule has 2 unspecified atom stereocenters. The van der Waals surface area contributed by atoms with E-state index in [-0.39, 0.29) is 0 Å². The van der Waals surface area contributed by atoms with Crippen molar-refractivity contribution in [2.45, 2.75) is 66.7 Å². The van der Waals surface area contributed by atoms with E-state index in [1.165, 1.54) is 43.5 Å². The highest BCUT2D eigenvalue weighted by molar-refractivity contribution is 5.91. The molecule has 2 nitrogen and oxygen atoms in total. The van der Waals surface area contributed by atoms with E-state index < -0.39 is 0 Å². The van der Waals surface area contributed by atoms with Gasteiger partial charge < -0.3 is 0 Å². The molecule has 2 heteroatoms. The zero-order valence-electron chi connectivity index (χ0n) is 13.3. The maximum atomic E-state index is 4.63. The van der Waals surface area contributed by atoms with Gasteiger partial charge in [-0.25, -0.2) is 0 Å². The number of hydrazone groups is 1. The van der Waals surface area contributed by atoms with Gasteiger partial charge in [0.15, 0.2) is 0 Å². The fourth-order valence-corrected chi connectivity index (χ4v) is 3.69. The van der Waals surface area contributed by atoms with Gasteiger partial charge in [0.1, 0.15) is 0 Å². The number of hydrogen-bond acceptors (Lipinski definition) is 2. The van der Waals surface area contributed by atoms with Crippen molar-refractivity contribution >= 4 is 5.71 Å². The highest BCUT2D eigenvalue weighted by Crippen LogP contribution is 2.37. The molecule has 108 valence electrons. The van der Waals surface area contributed by atoms with Gasteiger partial charge in [-0.3, -0.25) is 5.43 Å². The van der Waals surface area contributed by atoms with Gasteiger partial charge in [0.05, 0.1) is 0 Å². The maximum absolute atomic E-state index is 4.63. The number of allylic oxidation sites excluding steroid dienone is 2. The summed E-state index contributed by atoms with van der Waals surface area (Å²) in [6, 6.07) is 0. The second-order valence-electron chi connectivity index (χ2n) is 6.98. The van der Waals surface area contributed by atoms with Crippen LogP contribution in [0.1, 0.15) is 66.7 Å². The SMILES string of the molecule is CC1=C2CCC(C(C)C)CCCC2C(C(C)C)=NN1. The molecule has 0 saturated heterocycles. The summed E-state index contributed by atoms with van der Waals surface area (Å²) in [7, 11) is 0. The molecular weight excluding hydrogens is 232 g/mol. The summed E-state index contributed by atoms with van der Waals surface area (Å²) < 4.78 is 0. The molecular formula is C17H30N2. The number of nitrogens with zero attached hydrogens (tertiary/aromatic N) is 1. The van der Waals surface area contributed by atoms with E-state index in [1.54, 1.807) is 5.57 Å². The lowest BCUT2D eigenvalue weighted by Gasteiger charge is -2.34. The Balaban J connectivity index is 2.17. The standard InChI is InChI=1S/C17H30N2/c1-11(2)14-7-6-8-16-15(10-9-14)13(5)18-19-17(16)12(3)4/h11-12,14,16,18H,6-10H2,1-5H3. The van der Waals surface area contributed by atoms with Crippen LogP contribution < -0.4 is 5.43 Å². The molecule has 0 aromatic rings. The summed E-state index contributed by atoms with van der Waals surface area (Å²) in [5.74, 6) is 2.91. The predicted octanol–water partition coefficient (Wildman–Crippen LogP) is 4.73. The van der Waals surface area contributed by atoms with Gasteiger partial charge in [-0.2, -0.15) is 5.10 Å². The minimum Gasteiger partial charge on any atom is -0.283 e. The molecule has 1 aliphatic carbocycles. The molecule has 1 N–H and O–H groups in total. The fourth-order valence-electron chi connectivity index (χ4n) is 3.69. The molecule has 0 aromatic heterocycles. The largest absolute Gasteiger partial charge is 0.283 e. The predicted molar refractivity (Wildman–Crippen MR) is 83.0 cm³/mol. The van der Waals surface area contributed by atoms with Crippen LogP contribution in [0.2, 0.25) is 0 Å². The van der Waals surface area contributed by atoms with Gasteiger partial charge in [0, 0.05) is 17.3 Å². The van der Waals surface area contributed by atoms with Gasteiger partial charge in [0.25, 0.3) is 0 Å². The Morgan fingerprint density at radius 1 is 1.11 bits per heavy atom. The lowest BCUT2D eigenvalue weighted by Crippen LogP contribution is -2.32. The van der Waals surface area contributed by atoms with Crippen LogP contribution in [0, 0.1) is 23.7 Å². The van der Waals surface area contributed by atoms with Gasteiger partial charge in [-0.1, -0.05) is 40.5 Å². The third-order valence-corrected chi connectivity index (χ3v) is 5.00. The lowest BCUT2D eigenvalue weighted by atomic mass is 9.74. The van der Waals surface area contributed by atoms with Crippen LogP contribution >= 0.6 is 0 Å². The molecule has 2 rings (SSSR count). The van der Waals surface area contributed by atoms with Crippen molar-refractivity contribution < 1.29 is 0 Å². The maximum Gasteiger partial charge on any atom is 0.0479 e. The van der Waals surface area contributed by atoms with Gasteiger partial charge in [0.2, 0.25) is 0 Å². The fraction of sp³-hybridized carbons (Fsp3) is 0.824. The Hall–Kier alpha value is -0.790. The highest BCUT2D eigenvalue weighted by atomic mass is 15.3. The minimum absolute atomic E-state index is 0.556. The Morgan fingerprint density at radius 2 is 1.84 bits per heavy atom. The van der Waals surface area contributed by atoms with Crippen LogP contribution in [-0.2, 0) is 0 Å². The highest BCUT2D eigenvalue weighted by Gasteiger charge is 2.30. The van der Waals surface area contributed by atoms with Gasteiger partial charge in [-0.15, -0.1) is 0 Å². The quantitative estimate of drug-likeness (QED) is 0.764. The van der Waals surface area contributed by atoms with Crippen molar-refractivity contribution in [2.24, 2.45) is 28.8 Å². The minimum atomic E-state index is 0.556. The van der Waals surface area contributed by atoms with Crippen LogP contribution in [0.5, 0.6) is 0 Å². The van der Waals surface area contributed by atoms with E-state index in [4.69, 9.17) is 0 Å². The van der Waals surface area contributed by atoms with Gasteiger partial charge in [-0.05, 0) is 49.5 Å². The number of fused-ring (bicyclic) bond motifs is 1. The number of hydrogen-bond donors (Lipinski definition) is 1. The van der Waals surface area contributed by atoms with E-state index in [2.05, 4.69) is 45.1 Å². The van der Waals surface area contributed by atoms with Crippen molar-refractivity contribution in [1.82, 2.24) is 5.43 Å². The number of rotatable bonds is 2. The van der Waals surface area contributed by atoms with Crippen molar-refractivity contribution in [3.05, 3.63) is 11.3 Å². The van der Waals surface area contributed by atoms with Crippen LogP contribution in [0.3, 0.4) is 0 Å². The monoisotopic (exact) mass is 262 g/mol. The average molecular weight is 262 g/mol. The van der Waals surface area contributed by atoms with Crippen molar-refractivity contribution in [3.63, 3.8) is 0 Å². The second kappa shape index (κ2) is 6.11. The molecule has 2 aliphatic rings. The lowest BCUT2D eigenvalue weighted by molar-refractivity contribution is 0.305. The molecule has 1 fully saturated rings.